The van der Waals surface area contributed by atoms with Crippen molar-refractivity contribution in [3.63, 3.8) is 0 Å². The first-order valence-electron chi connectivity index (χ1n) is 4.37. The van der Waals surface area contributed by atoms with Crippen LogP contribution < -0.4 is 11.1 Å². The van der Waals surface area contributed by atoms with E-state index in [1.54, 1.807) is 6.92 Å². The van der Waals surface area contributed by atoms with Gasteiger partial charge < -0.3 is 16.2 Å². The number of benzene rings is 1. The number of nitrogens with two attached hydrogens (primary N) is 1. The Bertz CT molecular complexity index is 284. The van der Waals surface area contributed by atoms with Gasteiger partial charge in [0.1, 0.15) is 0 Å². The summed E-state index contributed by atoms with van der Waals surface area (Å²) in [5, 5.41) is 12.2. The van der Waals surface area contributed by atoms with Crippen molar-refractivity contribution < 1.29 is 5.11 Å². The Kier molecular flexibility index (Phi) is 3.14. The van der Waals surface area contributed by atoms with Gasteiger partial charge in [-0.05, 0) is 31.5 Å². The Balaban J connectivity index is 2.70. The van der Waals surface area contributed by atoms with E-state index in [2.05, 4.69) is 5.32 Å². The van der Waals surface area contributed by atoms with Gasteiger partial charge in [-0.2, -0.15) is 0 Å². The van der Waals surface area contributed by atoms with Gasteiger partial charge in [0.05, 0.1) is 6.10 Å². The van der Waals surface area contributed by atoms with Gasteiger partial charge in [-0.1, -0.05) is 6.07 Å². The molecule has 0 aromatic heterocycles. The predicted molar refractivity (Wildman–Crippen MR) is 55.8 cm³/mol. The Morgan fingerprint density at radius 1 is 1.54 bits per heavy atom. The lowest BCUT2D eigenvalue weighted by atomic mass is 10.2. The monoisotopic (exact) mass is 180 g/mol. The van der Waals surface area contributed by atoms with Crippen LogP contribution in [0.5, 0.6) is 0 Å². The van der Waals surface area contributed by atoms with Crippen LogP contribution in [-0.4, -0.2) is 17.8 Å². The van der Waals surface area contributed by atoms with E-state index < -0.39 is 0 Å². The maximum atomic E-state index is 9.08. The molecule has 0 bridgehead atoms. The fourth-order valence-corrected chi connectivity index (χ4v) is 1.09. The molecule has 0 amide bonds. The Labute approximate surface area is 78.6 Å². The van der Waals surface area contributed by atoms with Gasteiger partial charge in [0.15, 0.2) is 0 Å². The Morgan fingerprint density at radius 3 is 2.85 bits per heavy atom. The van der Waals surface area contributed by atoms with Crippen molar-refractivity contribution in [2.24, 2.45) is 0 Å². The molecule has 1 aromatic rings. The number of nitrogen functional groups attached to an aromatic ring is 1. The van der Waals surface area contributed by atoms with E-state index in [-0.39, 0.29) is 6.10 Å². The highest BCUT2D eigenvalue weighted by Crippen LogP contribution is 2.17. The lowest BCUT2D eigenvalue weighted by Crippen LogP contribution is -2.15. The molecule has 0 aliphatic carbocycles. The topological polar surface area (TPSA) is 58.3 Å². The summed E-state index contributed by atoms with van der Waals surface area (Å²) in [5.41, 5.74) is 8.49. The van der Waals surface area contributed by atoms with Gasteiger partial charge in [0, 0.05) is 17.9 Å². The molecule has 3 heteroatoms. The molecule has 13 heavy (non-hydrogen) atoms. The molecule has 1 atom stereocenters. The Hall–Kier alpha value is -1.22. The van der Waals surface area contributed by atoms with Crippen LogP contribution in [0.1, 0.15) is 12.5 Å². The highest BCUT2D eigenvalue weighted by atomic mass is 16.3. The van der Waals surface area contributed by atoms with Crippen LogP contribution >= 0.6 is 0 Å². The molecule has 1 unspecified atom stereocenters. The molecule has 1 aromatic carbocycles. The molecule has 1 rings (SSSR count). The van der Waals surface area contributed by atoms with Crippen LogP contribution in [0, 0.1) is 6.92 Å². The molecule has 4 N–H and O–H groups in total. The number of aliphatic hydroxyl groups is 1. The van der Waals surface area contributed by atoms with Crippen molar-refractivity contribution in [3.8, 4) is 0 Å². The average Bonchev–Trinajstić information content (AvgIpc) is 2.06. The van der Waals surface area contributed by atoms with Crippen molar-refractivity contribution in [2.75, 3.05) is 17.6 Å². The molecule has 0 radical (unpaired) electrons. The molecule has 0 saturated heterocycles. The largest absolute Gasteiger partial charge is 0.399 e. The first kappa shape index (κ1) is 9.86. The van der Waals surface area contributed by atoms with Crippen LogP contribution in [-0.2, 0) is 0 Å². The molecule has 0 spiro atoms. The van der Waals surface area contributed by atoms with Crippen molar-refractivity contribution in [2.45, 2.75) is 20.0 Å². The van der Waals surface area contributed by atoms with E-state index in [0.29, 0.717) is 6.54 Å². The number of aliphatic hydroxyl groups excluding tert-OH is 1. The van der Waals surface area contributed by atoms with Crippen LogP contribution in [0.3, 0.4) is 0 Å². The van der Waals surface area contributed by atoms with E-state index in [1.807, 2.05) is 25.1 Å². The summed E-state index contributed by atoms with van der Waals surface area (Å²) in [5.74, 6) is 0. The summed E-state index contributed by atoms with van der Waals surface area (Å²) >= 11 is 0. The fraction of sp³-hybridized carbons (Fsp3) is 0.400. The van der Waals surface area contributed by atoms with E-state index in [4.69, 9.17) is 10.8 Å². The third-order valence-electron chi connectivity index (χ3n) is 1.85. The summed E-state index contributed by atoms with van der Waals surface area (Å²) in [6, 6.07) is 5.69. The smallest absolute Gasteiger partial charge is 0.0684 e. The van der Waals surface area contributed by atoms with Crippen molar-refractivity contribution >= 4 is 11.4 Å². The molecular formula is C10H16N2O. The first-order chi connectivity index (χ1) is 6.09. The number of rotatable bonds is 3. The molecule has 0 aliphatic heterocycles. The molecule has 0 fully saturated rings. The van der Waals surface area contributed by atoms with Gasteiger partial charge in [-0.25, -0.2) is 0 Å². The SMILES string of the molecule is Cc1ccc(N)cc1NCC(C)O. The number of aryl methyl sites for hydroxylation is 1. The van der Waals surface area contributed by atoms with Gasteiger partial charge in [-0.15, -0.1) is 0 Å². The van der Waals surface area contributed by atoms with Crippen molar-refractivity contribution in [3.05, 3.63) is 23.8 Å². The van der Waals surface area contributed by atoms with Crippen LogP contribution in [0.4, 0.5) is 11.4 Å². The standard InChI is InChI=1S/C10H16N2O/c1-7-3-4-9(11)5-10(7)12-6-8(2)13/h3-5,8,12-13H,6,11H2,1-2H3. The second-order valence-corrected chi connectivity index (χ2v) is 3.30. The minimum atomic E-state index is -0.346. The number of hydrogen-bond acceptors (Lipinski definition) is 3. The minimum absolute atomic E-state index is 0.346. The first-order valence-corrected chi connectivity index (χ1v) is 4.37. The average molecular weight is 180 g/mol. The molecule has 0 aliphatic rings. The lowest BCUT2D eigenvalue weighted by Gasteiger charge is -2.11. The maximum absolute atomic E-state index is 9.08. The Morgan fingerprint density at radius 2 is 2.23 bits per heavy atom. The van der Waals surface area contributed by atoms with E-state index in [1.165, 1.54) is 0 Å². The van der Waals surface area contributed by atoms with E-state index >= 15 is 0 Å². The normalized spacial score (nSPS) is 12.5. The molecular weight excluding hydrogens is 164 g/mol. The summed E-state index contributed by atoms with van der Waals surface area (Å²) in [6.07, 6.45) is -0.346. The zero-order chi connectivity index (χ0) is 9.84. The molecule has 0 heterocycles. The number of anilines is 2. The highest BCUT2D eigenvalue weighted by molar-refractivity contribution is 5.59. The minimum Gasteiger partial charge on any atom is -0.399 e. The predicted octanol–water partition coefficient (Wildman–Crippen LogP) is 1.37. The summed E-state index contributed by atoms with van der Waals surface area (Å²) < 4.78 is 0. The van der Waals surface area contributed by atoms with Gasteiger partial charge in [0.2, 0.25) is 0 Å². The van der Waals surface area contributed by atoms with Crippen LogP contribution in [0.2, 0.25) is 0 Å². The zero-order valence-corrected chi connectivity index (χ0v) is 8.04. The van der Waals surface area contributed by atoms with Gasteiger partial charge >= 0.3 is 0 Å². The quantitative estimate of drug-likeness (QED) is 0.616. The molecule has 72 valence electrons. The second kappa shape index (κ2) is 4.14. The van der Waals surface area contributed by atoms with Crippen LogP contribution in [0.25, 0.3) is 0 Å². The zero-order valence-electron chi connectivity index (χ0n) is 8.04. The molecule has 3 nitrogen and oxygen atoms in total. The van der Waals surface area contributed by atoms with Crippen molar-refractivity contribution in [1.29, 1.82) is 0 Å². The summed E-state index contributed by atoms with van der Waals surface area (Å²) in [7, 11) is 0. The highest BCUT2D eigenvalue weighted by Gasteiger charge is 1.99. The lowest BCUT2D eigenvalue weighted by molar-refractivity contribution is 0.208. The van der Waals surface area contributed by atoms with E-state index in [0.717, 1.165) is 16.9 Å². The number of hydrogen-bond donors (Lipinski definition) is 3. The third-order valence-corrected chi connectivity index (χ3v) is 1.85. The number of nitrogens with one attached hydrogen (secondary N) is 1. The third kappa shape index (κ3) is 2.95. The summed E-state index contributed by atoms with van der Waals surface area (Å²) in [6.45, 7) is 4.29. The second-order valence-electron chi connectivity index (χ2n) is 3.30. The van der Waals surface area contributed by atoms with Gasteiger partial charge in [-0.3, -0.25) is 0 Å². The molecule has 0 saturated carbocycles. The van der Waals surface area contributed by atoms with Gasteiger partial charge in [0.25, 0.3) is 0 Å². The van der Waals surface area contributed by atoms with Crippen molar-refractivity contribution in [1.82, 2.24) is 0 Å². The fourth-order valence-electron chi connectivity index (χ4n) is 1.09. The maximum Gasteiger partial charge on any atom is 0.0684 e. The van der Waals surface area contributed by atoms with E-state index in [9.17, 15) is 0 Å². The van der Waals surface area contributed by atoms with Crippen LogP contribution in [0.15, 0.2) is 18.2 Å². The summed E-state index contributed by atoms with van der Waals surface area (Å²) in [4.78, 5) is 0.